The van der Waals surface area contributed by atoms with Crippen molar-refractivity contribution in [1.82, 2.24) is 0 Å². The van der Waals surface area contributed by atoms with E-state index in [-0.39, 0.29) is 12.1 Å². The molecule has 1 aromatic carbocycles. The second kappa shape index (κ2) is 11.5. The van der Waals surface area contributed by atoms with E-state index in [1.165, 1.54) is 6.42 Å². The normalized spacial score (nSPS) is 14.0. The van der Waals surface area contributed by atoms with Crippen LogP contribution in [0, 0.1) is 5.41 Å². The van der Waals surface area contributed by atoms with Gasteiger partial charge in [0.05, 0.1) is 13.4 Å². The number of allylic oxidation sites excluding steroid dienone is 6. The van der Waals surface area contributed by atoms with Crippen molar-refractivity contribution in [3.05, 3.63) is 70.4 Å². The molecule has 1 aromatic rings. The number of benzene rings is 1. The van der Waals surface area contributed by atoms with Crippen LogP contribution in [-0.4, -0.2) is 13.8 Å². The maximum atomic E-state index is 5.61. The van der Waals surface area contributed by atoms with Crippen LogP contribution < -0.4 is 9.47 Å². The first kappa shape index (κ1) is 23.8. The zero-order chi connectivity index (χ0) is 20.4. The molecular formula is C23H34O2SiTi. The Bertz CT molecular complexity index is 709. The van der Waals surface area contributed by atoms with E-state index in [4.69, 9.17) is 9.47 Å². The first-order chi connectivity index (χ1) is 12.7. The second-order valence-corrected chi connectivity index (χ2v) is 18.2. The molecule has 2 rings (SSSR count). The average molecular weight is 418 g/mol. The van der Waals surface area contributed by atoms with Crippen LogP contribution in [0.2, 0.25) is 13.1 Å². The van der Waals surface area contributed by atoms with E-state index in [1.807, 2.05) is 34.2 Å². The van der Waals surface area contributed by atoms with Crippen molar-refractivity contribution < 1.29 is 27.9 Å². The van der Waals surface area contributed by atoms with E-state index >= 15 is 0 Å². The Morgan fingerprint density at radius 1 is 1.22 bits per heavy atom. The summed E-state index contributed by atoms with van der Waals surface area (Å²) in [5.74, 6) is 1.54. The van der Waals surface area contributed by atoms with Gasteiger partial charge in [-0.25, -0.2) is 0 Å². The van der Waals surface area contributed by atoms with Crippen molar-refractivity contribution in [2.75, 3.05) is 7.11 Å². The summed E-state index contributed by atoms with van der Waals surface area (Å²) in [6.45, 7) is 17.1. The molecule has 0 radical (unpaired) electrons. The van der Waals surface area contributed by atoms with Crippen LogP contribution >= 0.6 is 0 Å². The molecule has 2 nitrogen and oxygen atoms in total. The van der Waals surface area contributed by atoms with Crippen molar-refractivity contribution in [3.63, 3.8) is 0 Å². The molecule has 0 saturated heterocycles. The van der Waals surface area contributed by atoms with E-state index in [2.05, 4.69) is 59.5 Å². The Kier molecular flexibility index (Phi) is 10.1. The number of hydrogen-bond donors (Lipinski definition) is 0. The Labute approximate surface area is 175 Å². The van der Waals surface area contributed by atoms with E-state index in [9.17, 15) is 0 Å². The first-order valence-corrected chi connectivity index (χ1v) is 15.8. The molecule has 0 N–H and O–H groups in total. The minimum absolute atomic E-state index is 0.0284. The SMILES string of the molecule is C=CC(=COc1cccc(OC)c1)C(C)(C)C.CC1=[C]([Ti][SiH](C)C)CC=C1. The van der Waals surface area contributed by atoms with Crippen LogP contribution in [0.5, 0.6) is 11.5 Å². The van der Waals surface area contributed by atoms with Crippen LogP contribution in [0.25, 0.3) is 0 Å². The molecule has 1 aliphatic rings. The molecule has 0 fully saturated rings. The molecular weight excluding hydrogens is 384 g/mol. The maximum absolute atomic E-state index is 5.61. The van der Waals surface area contributed by atoms with Crippen LogP contribution in [0.4, 0.5) is 0 Å². The van der Waals surface area contributed by atoms with Gasteiger partial charge in [0.2, 0.25) is 0 Å². The van der Waals surface area contributed by atoms with Gasteiger partial charge in [0.1, 0.15) is 11.5 Å². The zero-order valence-electron chi connectivity index (χ0n) is 17.9. The van der Waals surface area contributed by atoms with E-state index in [0.717, 1.165) is 17.1 Å². The summed E-state index contributed by atoms with van der Waals surface area (Å²) in [6.07, 6.45) is 9.44. The molecule has 4 heteroatoms. The van der Waals surface area contributed by atoms with E-state index < -0.39 is 0 Å². The van der Waals surface area contributed by atoms with Gasteiger partial charge in [-0.05, 0) is 23.1 Å². The van der Waals surface area contributed by atoms with Gasteiger partial charge in [0.15, 0.2) is 0 Å². The van der Waals surface area contributed by atoms with Gasteiger partial charge in [-0.1, -0.05) is 39.5 Å². The predicted molar refractivity (Wildman–Crippen MR) is 117 cm³/mol. The molecule has 0 amide bonds. The number of rotatable bonds is 6. The summed E-state index contributed by atoms with van der Waals surface area (Å²) in [7, 11) is 1.64. The van der Waals surface area contributed by atoms with Gasteiger partial charge in [0, 0.05) is 6.07 Å². The summed E-state index contributed by atoms with van der Waals surface area (Å²) in [4.78, 5) is 0. The molecule has 146 valence electrons. The molecule has 1 aliphatic carbocycles. The fourth-order valence-corrected chi connectivity index (χ4v) is 8.71. The van der Waals surface area contributed by atoms with E-state index in [1.54, 1.807) is 18.9 Å². The van der Waals surface area contributed by atoms with Crippen LogP contribution in [0.3, 0.4) is 0 Å². The third-order valence-electron chi connectivity index (χ3n) is 4.08. The number of methoxy groups -OCH3 is 1. The third kappa shape index (κ3) is 8.96. The molecule has 0 saturated carbocycles. The Balaban J connectivity index is 0.000000309. The summed E-state index contributed by atoms with van der Waals surface area (Å²) < 4.78 is 12.6. The third-order valence-corrected chi connectivity index (χ3v) is 10.3. The molecule has 0 aromatic heterocycles. The minimum atomic E-state index is -0.235. The standard InChI is InChI=1S/C15H20O2.C6H7.C2H7Si.Ti/c1-6-12(15(2,3)4)11-17-14-9-7-8-13(10-14)16-5;1-6-4-2-3-5-6;1-3-2;/h6-11H,1H2,2-5H3;2,4H,3H2,1H3;3H,1-2H3;. The Morgan fingerprint density at radius 3 is 2.37 bits per heavy atom. The molecule has 27 heavy (non-hydrogen) atoms. The van der Waals surface area contributed by atoms with E-state index in [0.29, 0.717) is 18.4 Å². The van der Waals surface area contributed by atoms with Gasteiger partial charge in [-0.3, -0.25) is 0 Å². The van der Waals surface area contributed by atoms with Gasteiger partial charge in [-0.15, -0.1) is 0 Å². The molecule has 0 heterocycles. The Morgan fingerprint density at radius 2 is 1.89 bits per heavy atom. The van der Waals surface area contributed by atoms with Crippen molar-refractivity contribution in [2.24, 2.45) is 5.41 Å². The van der Waals surface area contributed by atoms with Crippen LogP contribution in [0.1, 0.15) is 34.1 Å². The molecule has 0 aliphatic heterocycles. The average Bonchev–Trinajstić information content (AvgIpc) is 2.99. The Hall–Kier alpha value is -1.29. The zero-order valence-corrected chi connectivity index (χ0v) is 20.6. The van der Waals surface area contributed by atoms with Crippen LogP contribution in [-0.2, 0) is 18.4 Å². The fourth-order valence-electron chi connectivity index (χ4n) is 2.47. The second-order valence-electron chi connectivity index (χ2n) is 7.89. The first-order valence-electron chi connectivity index (χ1n) is 9.44. The van der Waals surface area contributed by atoms with Crippen molar-refractivity contribution >= 4 is 6.66 Å². The van der Waals surface area contributed by atoms with Crippen molar-refractivity contribution in [3.8, 4) is 11.5 Å². The number of ether oxygens (including phenoxy) is 2. The summed E-state index contributed by atoms with van der Waals surface area (Å²) in [6, 6.07) is 7.52. The number of hydrogen-bond acceptors (Lipinski definition) is 2. The quantitative estimate of drug-likeness (QED) is 0.299. The van der Waals surface area contributed by atoms with Crippen molar-refractivity contribution in [2.45, 2.75) is 47.2 Å². The monoisotopic (exact) mass is 418 g/mol. The van der Waals surface area contributed by atoms with Gasteiger partial charge in [0.25, 0.3) is 0 Å². The molecule has 0 unspecified atom stereocenters. The summed E-state index contributed by atoms with van der Waals surface area (Å²) >= 11 is 0.350. The summed E-state index contributed by atoms with van der Waals surface area (Å²) in [5, 5.41) is 0. The predicted octanol–water partition coefficient (Wildman–Crippen LogP) is 6.48. The molecule has 0 atom stereocenters. The fraction of sp³-hybridized carbons (Fsp3) is 0.391. The molecule has 0 spiro atoms. The molecule has 0 bridgehead atoms. The topological polar surface area (TPSA) is 18.5 Å². The summed E-state index contributed by atoms with van der Waals surface area (Å²) in [5.41, 5.74) is 2.67. The van der Waals surface area contributed by atoms with Crippen molar-refractivity contribution in [1.29, 1.82) is 0 Å². The van der Waals surface area contributed by atoms with Gasteiger partial charge >= 0.3 is 73.1 Å². The van der Waals surface area contributed by atoms with Crippen LogP contribution in [0.15, 0.2) is 70.4 Å². The van der Waals surface area contributed by atoms with Gasteiger partial charge in [-0.2, -0.15) is 0 Å². The van der Waals surface area contributed by atoms with Gasteiger partial charge < -0.3 is 9.47 Å².